The number of Topliss-reactive ketones (excluding diaryl/α,β-unsaturated/α-hetero) is 1. The van der Waals surface area contributed by atoms with E-state index >= 15 is 0 Å². The summed E-state index contributed by atoms with van der Waals surface area (Å²) in [5.41, 5.74) is 0. The fourth-order valence-corrected chi connectivity index (χ4v) is 3.65. The van der Waals surface area contributed by atoms with Crippen molar-refractivity contribution in [1.82, 2.24) is 0 Å². The molecule has 1 rings (SSSR count). The van der Waals surface area contributed by atoms with Crippen molar-refractivity contribution in [3.8, 4) is 0 Å². The topological polar surface area (TPSA) is 26.3 Å². The zero-order chi connectivity index (χ0) is 13.3. The molecule has 0 spiro atoms. The highest BCUT2D eigenvalue weighted by Gasteiger charge is 2.42. The molecule has 1 aliphatic rings. The van der Waals surface area contributed by atoms with Gasteiger partial charge in [-0.05, 0) is 37.4 Å². The van der Waals surface area contributed by atoms with Gasteiger partial charge in [0.2, 0.25) is 0 Å². The summed E-state index contributed by atoms with van der Waals surface area (Å²) in [6.07, 6.45) is 3.95. The van der Waals surface area contributed by atoms with Gasteiger partial charge in [0.05, 0.1) is 6.10 Å². The van der Waals surface area contributed by atoms with Crippen molar-refractivity contribution >= 4 is 14.1 Å². The summed E-state index contributed by atoms with van der Waals surface area (Å²) >= 11 is 0. The first-order valence-electron chi connectivity index (χ1n) is 6.89. The van der Waals surface area contributed by atoms with Gasteiger partial charge in [-0.25, -0.2) is 0 Å². The third-order valence-corrected chi connectivity index (χ3v) is 8.97. The van der Waals surface area contributed by atoms with Crippen molar-refractivity contribution in [2.24, 2.45) is 5.92 Å². The van der Waals surface area contributed by atoms with Crippen molar-refractivity contribution in [3.05, 3.63) is 0 Å². The predicted octanol–water partition coefficient (Wildman–Crippen LogP) is 4.16. The summed E-state index contributed by atoms with van der Waals surface area (Å²) in [5.74, 6) is 0.570. The van der Waals surface area contributed by atoms with Gasteiger partial charge in [-0.2, -0.15) is 0 Å². The summed E-state index contributed by atoms with van der Waals surface area (Å²) in [5, 5.41) is 0.228. The minimum absolute atomic E-state index is 0.151. The molecule has 0 heterocycles. The van der Waals surface area contributed by atoms with E-state index in [0.29, 0.717) is 5.78 Å². The highest BCUT2D eigenvalue weighted by atomic mass is 28.4. The lowest BCUT2D eigenvalue weighted by Gasteiger charge is -2.42. The lowest BCUT2D eigenvalue weighted by molar-refractivity contribution is -0.128. The van der Waals surface area contributed by atoms with Crippen LogP contribution in [0.1, 0.15) is 53.4 Å². The molecule has 0 saturated heterocycles. The molecule has 1 saturated carbocycles. The number of hydrogen-bond donors (Lipinski definition) is 0. The maximum Gasteiger partial charge on any atom is 0.192 e. The Morgan fingerprint density at radius 2 is 1.94 bits per heavy atom. The van der Waals surface area contributed by atoms with E-state index in [1.165, 1.54) is 0 Å². The standard InChI is InChI=1S/C14H28O2Si/c1-7-11-12(15)9-8-10-13(11)16-17(5,6)14(2,3)4/h11,13H,7-10H2,1-6H3/t11-,13+/m1/s1. The van der Waals surface area contributed by atoms with Crippen LogP contribution >= 0.6 is 0 Å². The van der Waals surface area contributed by atoms with E-state index in [1.54, 1.807) is 0 Å². The van der Waals surface area contributed by atoms with Crippen LogP contribution < -0.4 is 0 Å². The van der Waals surface area contributed by atoms with Gasteiger partial charge in [-0.15, -0.1) is 0 Å². The van der Waals surface area contributed by atoms with Gasteiger partial charge >= 0.3 is 0 Å². The van der Waals surface area contributed by atoms with Crippen LogP contribution in [0.5, 0.6) is 0 Å². The van der Waals surface area contributed by atoms with E-state index in [1.807, 2.05) is 0 Å². The Bertz CT molecular complexity index is 278. The van der Waals surface area contributed by atoms with E-state index in [4.69, 9.17) is 4.43 Å². The SMILES string of the molecule is CC[C@@H]1C(=O)CCC[C@@H]1O[Si](C)(C)C(C)(C)C. The summed E-state index contributed by atoms with van der Waals surface area (Å²) in [4.78, 5) is 11.9. The lowest BCUT2D eigenvalue weighted by Crippen LogP contribution is -2.48. The van der Waals surface area contributed by atoms with Gasteiger partial charge in [0.15, 0.2) is 8.32 Å². The largest absolute Gasteiger partial charge is 0.413 e. The molecule has 0 unspecified atom stereocenters. The molecular formula is C14H28O2Si. The average molecular weight is 256 g/mol. The molecule has 1 fully saturated rings. The molecule has 17 heavy (non-hydrogen) atoms. The zero-order valence-corrected chi connectivity index (χ0v) is 13.3. The molecule has 0 aromatic carbocycles. The van der Waals surface area contributed by atoms with Crippen molar-refractivity contribution < 1.29 is 9.22 Å². The van der Waals surface area contributed by atoms with Crippen LogP contribution in [-0.2, 0) is 9.22 Å². The highest BCUT2D eigenvalue weighted by Crippen LogP contribution is 2.40. The Kier molecular flexibility index (Phi) is 4.58. The normalized spacial score (nSPS) is 27.3. The molecule has 0 amide bonds. The van der Waals surface area contributed by atoms with E-state index in [0.717, 1.165) is 25.7 Å². The molecule has 0 aromatic rings. The number of carbonyl (C=O) groups is 1. The highest BCUT2D eigenvalue weighted by molar-refractivity contribution is 6.74. The molecule has 0 aliphatic heterocycles. The Morgan fingerprint density at radius 3 is 2.41 bits per heavy atom. The van der Waals surface area contributed by atoms with Crippen molar-refractivity contribution in [2.75, 3.05) is 0 Å². The van der Waals surface area contributed by atoms with Gasteiger partial charge in [-0.3, -0.25) is 4.79 Å². The zero-order valence-electron chi connectivity index (χ0n) is 12.3. The van der Waals surface area contributed by atoms with Crippen LogP contribution in [0.4, 0.5) is 0 Å². The first-order valence-corrected chi connectivity index (χ1v) is 9.80. The van der Waals surface area contributed by atoms with E-state index in [9.17, 15) is 4.79 Å². The first kappa shape index (κ1) is 14.9. The number of hydrogen-bond acceptors (Lipinski definition) is 2. The van der Waals surface area contributed by atoms with E-state index in [2.05, 4.69) is 40.8 Å². The summed E-state index contributed by atoms with van der Waals surface area (Å²) in [6.45, 7) is 13.4. The maximum absolute atomic E-state index is 11.9. The monoisotopic (exact) mass is 256 g/mol. The molecule has 100 valence electrons. The predicted molar refractivity (Wildman–Crippen MR) is 74.7 cm³/mol. The second-order valence-corrected chi connectivity index (χ2v) is 11.5. The Labute approximate surface area is 107 Å². The van der Waals surface area contributed by atoms with Crippen LogP contribution in [-0.4, -0.2) is 20.2 Å². The van der Waals surface area contributed by atoms with Crippen molar-refractivity contribution in [2.45, 2.75) is 77.6 Å². The van der Waals surface area contributed by atoms with Gasteiger partial charge in [0.25, 0.3) is 0 Å². The molecule has 0 N–H and O–H groups in total. The minimum Gasteiger partial charge on any atom is -0.413 e. The lowest BCUT2D eigenvalue weighted by atomic mass is 9.84. The van der Waals surface area contributed by atoms with Crippen LogP contribution in [0.15, 0.2) is 0 Å². The third-order valence-electron chi connectivity index (χ3n) is 4.47. The Balaban J connectivity index is 2.76. The first-order chi connectivity index (χ1) is 7.69. The summed E-state index contributed by atoms with van der Waals surface area (Å²) in [7, 11) is -1.73. The number of ketones is 1. The quantitative estimate of drug-likeness (QED) is 0.709. The molecule has 3 heteroatoms. The second-order valence-electron chi connectivity index (χ2n) is 6.79. The van der Waals surface area contributed by atoms with Crippen molar-refractivity contribution in [1.29, 1.82) is 0 Å². The third kappa shape index (κ3) is 3.41. The van der Waals surface area contributed by atoms with Crippen molar-refractivity contribution in [3.63, 3.8) is 0 Å². The molecule has 0 bridgehead atoms. The van der Waals surface area contributed by atoms with Crippen LogP contribution in [0.2, 0.25) is 18.1 Å². The molecule has 1 aliphatic carbocycles. The second kappa shape index (κ2) is 5.23. The summed E-state index contributed by atoms with van der Waals surface area (Å²) < 4.78 is 6.44. The molecule has 0 radical (unpaired) electrons. The molecule has 0 aromatic heterocycles. The smallest absolute Gasteiger partial charge is 0.192 e. The summed E-state index contributed by atoms with van der Waals surface area (Å²) in [6, 6.07) is 0. The molecular weight excluding hydrogens is 228 g/mol. The van der Waals surface area contributed by atoms with E-state index in [-0.39, 0.29) is 17.1 Å². The van der Waals surface area contributed by atoms with Gasteiger partial charge < -0.3 is 4.43 Å². The molecule has 2 atom stereocenters. The van der Waals surface area contributed by atoms with Crippen LogP contribution in [0.25, 0.3) is 0 Å². The Morgan fingerprint density at radius 1 is 1.35 bits per heavy atom. The Hall–Kier alpha value is -0.153. The van der Waals surface area contributed by atoms with E-state index < -0.39 is 8.32 Å². The molecule has 2 nitrogen and oxygen atoms in total. The van der Waals surface area contributed by atoms with Crippen LogP contribution in [0.3, 0.4) is 0 Å². The van der Waals surface area contributed by atoms with Gasteiger partial charge in [0, 0.05) is 12.3 Å². The maximum atomic E-state index is 11.9. The minimum atomic E-state index is -1.73. The van der Waals surface area contributed by atoms with Gasteiger partial charge in [0.1, 0.15) is 5.78 Å². The van der Waals surface area contributed by atoms with Gasteiger partial charge in [-0.1, -0.05) is 27.7 Å². The fraction of sp³-hybridized carbons (Fsp3) is 0.929. The number of carbonyl (C=O) groups excluding carboxylic acids is 1. The number of rotatable bonds is 3. The average Bonchev–Trinajstić information content (AvgIpc) is 2.15. The fourth-order valence-electron chi connectivity index (χ4n) is 2.26. The van der Waals surface area contributed by atoms with Crippen LogP contribution in [0, 0.1) is 5.92 Å².